The highest BCUT2D eigenvalue weighted by atomic mass is 32.2. The molecule has 156 valence electrons. The first kappa shape index (κ1) is 21.2. The summed E-state index contributed by atoms with van der Waals surface area (Å²) in [6.07, 6.45) is 0. The molecular weight excluding hydrogens is 408 g/mol. The van der Waals surface area contributed by atoms with Gasteiger partial charge in [0.2, 0.25) is 11.1 Å². The number of ether oxygens (including phenoxy) is 1. The van der Waals surface area contributed by atoms with Crippen molar-refractivity contribution in [2.24, 2.45) is 0 Å². The molecular formula is C19H20N6O4S. The highest BCUT2D eigenvalue weighted by Gasteiger charge is 2.19. The van der Waals surface area contributed by atoms with Crippen LogP contribution in [0, 0.1) is 24.0 Å². The number of aryl methyl sites for hydroxylation is 2. The average Bonchev–Trinajstić information content (AvgIpc) is 3.15. The molecule has 0 saturated heterocycles. The molecule has 2 aromatic carbocycles. The van der Waals surface area contributed by atoms with E-state index in [2.05, 4.69) is 20.8 Å². The van der Waals surface area contributed by atoms with Gasteiger partial charge in [0, 0.05) is 0 Å². The molecule has 1 heterocycles. The third-order valence-electron chi connectivity index (χ3n) is 4.18. The maximum atomic E-state index is 12.4. The lowest BCUT2D eigenvalue weighted by Gasteiger charge is -2.11. The number of tetrazole rings is 1. The number of carbonyl (C=O) groups excluding carboxylic acids is 1. The number of hydrogen-bond acceptors (Lipinski definition) is 8. The average molecular weight is 428 g/mol. The van der Waals surface area contributed by atoms with Gasteiger partial charge >= 0.3 is 0 Å². The van der Waals surface area contributed by atoms with Crippen molar-refractivity contribution in [1.29, 1.82) is 0 Å². The van der Waals surface area contributed by atoms with Crippen molar-refractivity contribution in [2.75, 3.05) is 17.7 Å². The summed E-state index contributed by atoms with van der Waals surface area (Å²) in [5.74, 6) is -0.0666. The zero-order chi connectivity index (χ0) is 21.7. The van der Waals surface area contributed by atoms with E-state index >= 15 is 0 Å². The molecule has 0 bridgehead atoms. The molecule has 3 rings (SSSR count). The van der Waals surface area contributed by atoms with E-state index in [1.165, 1.54) is 12.1 Å². The van der Waals surface area contributed by atoms with Crippen molar-refractivity contribution in [1.82, 2.24) is 20.2 Å². The second-order valence-corrected chi connectivity index (χ2v) is 7.26. The Hall–Kier alpha value is -3.47. The number of anilines is 1. The van der Waals surface area contributed by atoms with Crippen molar-refractivity contribution in [2.45, 2.75) is 25.9 Å². The van der Waals surface area contributed by atoms with Crippen LogP contribution in [0.3, 0.4) is 0 Å². The van der Waals surface area contributed by atoms with Crippen LogP contribution in [0.15, 0.2) is 41.6 Å². The molecule has 0 aliphatic carbocycles. The standard InChI is InChI=1S/C19H20N6O4S/c1-4-29-14-8-9-15(16(10-14)25(27)28)20-17(26)11-30-19-21-22-23-24(19)18-12(2)6-5-7-13(18)3/h5-10H,4,11H2,1-3H3,(H,20,26). The van der Waals surface area contributed by atoms with Crippen molar-refractivity contribution in [3.05, 3.63) is 57.6 Å². The van der Waals surface area contributed by atoms with Crippen molar-refractivity contribution in [3.8, 4) is 11.4 Å². The lowest BCUT2D eigenvalue weighted by molar-refractivity contribution is -0.384. The van der Waals surface area contributed by atoms with E-state index < -0.39 is 10.8 Å². The number of aromatic nitrogens is 4. The summed E-state index contributed by atoms with van der Waals surface area (Å²) in [6, 6.07) is 10.2. The molecule has 1 amide bonds. The van der Waals surface area contributed by atoms with Gasteiger partial charge in [-0.2, -0.15) is 4.68 Å². The number of nitro groups is 1. The maximum Gasteiger partial charge on any atom is 0.296 e. The molecule has 0 spiro atoms. The van der Waals surface area contributed by atoms with E-state index in [1.807, 2.05) is 32.0 Å². The topological polar surface area (TPSA) is 125 Å². The Morgan fingerprint density at radius 3 is 2.67 bits per heavy atom. The quantitative estimate of drug-likeness (QED) is 0.329. The van der Waals surface area contributed by atoms with Gasteiger partial charge in [0.15, 0.2) is 0 Å². The molecule has 0 fully saturated rings. The lowest BCUT2D eigenvalue weighted by atomic mass is 10.1. The SMILES string of the molecule is CCOc1ccc(NC(=O)CSc2nnnn2-c2c(C)cccc2C)c([N+](=O)[O-])c1. The first-order valence-electron chi connectivity index (χ1n) is 9.09. The zero-order valence-electron chi connectivity index (χ0n) is 16.7. The first-order chi connectivity index (χ1) is 14.4. The summed E-state index contributed by atoms with van der Waals surface area (Å²) in [7, 11) is 0. The van der Waals surface area contributed by atoms with Gasteiger partial charge in [-0.15, -0.1) is 5.10 Å². The van der Waals surface area contributed by atoms with Crippen molar-refractivity contribution < 1.29 is 14.5 Å². The summed E-state index contributed by atoms with van der Waals surface area (Å²) in [5, 5.41) is 26.1. The summed E-state index contributed by atoms with van der Waals surface area (Å²) < 4.78 is 6.87. The van der Waals surface area contributed by atoms with E-state index in [-0.39, 0.29) is 17.1 Å². The molecule has 0 unspecified atom stereocenters. The molecule has 3 aromatic rings. The van der Waals surface area contributed by atoms with Crippen LogP contribution < -0.4 is 10.1 Å². The van der Waals surface area contributed by atoms with Gasteiger partial charge in [0.05, 0.1) is 29.0 Å². The fourth-order valence-electron chi connectivity index (χ4n) is 2.89. The van der Waals surface area contributed by atoms with Crippen LogP contribution in [0.2, 0.25) is 0 Å². The van der Waals surface area contributed by atoms with Gasteiger partial charge in [-0.05, 0) is 54.5 Å². The van der Waals surface area contributed by atoms with Gasteiger partial charge in [-0.3, -0.25) is 14.9 Å². The van der Waals surface area contributed by atoms with Gasteiger partial charge in [0.25, 0.3) is 5.69 Å². The van der Waals surface area contributed by atoms with Crippen LogP contribution in [0.5, 0.6) is 5.75 Å². The smallest absolute Gasteiger partial charge is 0.296 e. The van der Waals surface area contributed by atoms with Crippen LogP contribution in [0.4, 0.5) is 11.4 Å². The van der Waals surface area contributed by atoms with E-state index in [1.54, 1.807) is 17.7 Å². The van der Waals surface area contributed by atoms with Crippen molar-refractivity contribution in [3.63, 3.8) is 0 Å². The monoisotopic (exact) mass is 428 g/mol. The number of para-hydroxylation sites is 1. The Morgan fingerprint density at radius 2 is 2.00 bits per heavy atom. The number of nitrogens with one attached hydrogen (secondary N) is 1. The summed E-state index contributed by atoms with van der Waals surface area (Å²) >= 11 is 1.14. The lowest BCUT2D eigenvalue weighted by Crippen LogP contribution is -2.16. The number of rotatable bonds is 8. The Morgan fingerprint density at radius 1 is 1.27 bits per heavy atom. The number of nitro benzene ring substituents is 1. The first-order valence-corrected chi connectivity index (χ1v) is 10.1. The van der Waals surface area contributed by atoms with Crippen LogP contribution in [-0.4, -0.2) is 43.4 Å². The fourth-order valence-corrected chi connectivity index (χ4v) is 3.57. The molecule has 0 aliphatic rings. The maximum absolute atomic E-state index is 12.4. The third-order valence-corrected chi connectivity index (χ3v) is 5.09. The molecule has 0 aliphatic heterocycles. The Labute approximate surface area is 176 Å². The Balaban J connectivity index is 1.72. The normalized spacial score (nSPS) is 10.6. The number of nitrogens with zero attached hydrogens (tertiary/aromatic N) is 5. The summed E-state index contributed by atoms with van der Waals surface area (Å²) in [4.78, 5) is 23.2. The number of amides is 1. The van der Waals surface area contributed by atoms with Crippen LogP contribution >= 0.6 is 11.8 Å². The predicted molar refractivity (Wildman–Crippen MR) is 112 cm³/mol. The molecule has 0 atom stereocenters. The number of thioether (sulfide) groups is 1. The Bertz CT molecular complexity index is 1060. The number of carbonyl (C=O) groups is 1. The second kappa shape index (κ2) is 9.35. The van der Waals surface area contributed by atoms with Crippen molar-refractivity contribution >= 4 is 29.0 Å². The number of benzene rings is 2. The van der Waals surface area contributed by atoms with E-state index in [4.69, 9.17) is 4.74 Å². The van der Waals surface area contributed by atoms with Crippen LogP contribution in [0.1, 0.15) is 18.1 Å². The molecule has 0 radical (unpaired) electrons. The minimum absolute atomic E-state index is 0.0182. The van der Waals surface area contributed by atoms with E-state index in [9.17, 15) is 14.9 Å². The Kier molecular flexibility index (Phi) is 6.62. The highest BCUT2D eigenvalue weighted by molar-refractivity contribution is 7.99. The molecule has 1 aromatic heterocycles. The minimum Gasteiger partial charge on any atom is -0.494 e. The molecule has 11 heteroatoms. The summed E-state index contributed by atoms with van der Waals surface area (Å²) in [5.41, 5.74) is 2.72. The number of hydrogen-bond donors (Lipinski definition) is 1. The minimum atomic E-state index is -0.563. The molecule has 30 heavy (non-hydrogen) atoms. The fraction of sp³-hybridized carbons (Fsp3) is 0.263. The molecule has 0 saturated carbocycles. The summed E-state index contributed by atoms with van der Waals surface area (Å²) in [6.45, 7) is 6.08. The van der Waals surface area contributed by atoms with Crippen LogP contribution in [-0.2, 0) is 4.79 Å². The van der Waals surface area contributed by atoms with Gasteiger partial charge in [-0.25, -0.2) is 0 Å². The highest BCUT2D eigenvalue weighted by Crippen LogP contribution is 2.30. The van der Waals surface area contributed by atoms with Gasteiger partial charge in [-0.1, -0.05) is 30.0 Å². The van der Waals surface area contributed by atoms with Gasteiger partial charge < -0.3 is 10.1 Å². The molecule has 1 N–H and O–H groups in total. The van der Waals surface area contributed by atoms with E-state index in [0.29, 0.717) is 17.5 Å². The second-order valence-electron chi connectivity index (χ2n) is 6.32. The zero-order valence-corrected chi connectivity index (χ0v) is 17.5. The largest absolute Gasteiger partial charge is 0.494 e. The van der Waals surface area contributed by atoms with Gasteiger partial charge in [0.1, 0.15) is 11.4 Å². The third kappa shape index (κ3) is 4.74. The van der Waals surface area contributed by atoms with Crippen LogP contribution in [0.25, 0.3) is 5.69 Å². The molecule has 10 nitrogen and oxygen atoms in total. The van der Waals surface area contributed by atoms with E-state index in [0.717, 1.165) is 28.6 Å². The predicted octanol–water partition coefficient (Wildman–Crippen LogP) is 3.32.